The number of halogens is 1. The van der Waals surface area contributed by atoms with Crippen LogP contribution in [-0.4, -0.2) is 16.1 Å². The highest BCUT2D eigenvalue weighted by molar-refractivity contribution is 14.1. The number of rotatable bonds is 2. The first-order valence-corrected chi connectivity index (χ1v) is 4.83. The van der Waals surface area contributed by atoms with Crippen LogP contribution in [0.25, 0.3) is 0 Å². The molecule has 1 rings (SSSR count). The van der Waals surface area contributed by atoms with E-state index in [1.54, 1.807) is 11.7 Å². The van der Waals surface area contributed by atoms with Crippen molar-refractivity contribution < 1.29 is 4.79 Å². The predicted molar refractivity (Wildman–Crippen MR) is 55.4 cm³/mol. The van der Waals surface area contributed by atoms with Crippen molar-refractivity contribution >= 4 is 28.9 Å². The molecule has 1 aromatic heterocycles. The SMILES string of the molecule is CC(C)c1nn(C)c(C=O)c1I. The fourth-order valence-corrected chi connectivity index (χ4v) is 2.24. The molecule has 0 saturated heterocycles. The van der Waals surface area contributed by atoms with Crippen LogP contribution in [0.2, 0.25) is 0 Å². The quantitative estimate of drug-likeness (QED) is 0.612. The molecular formula is C8H11IN2O. The van der Waals surface area contributed by atoms with Crippen molar-refractivity contribution in [3.63, 3.8) is 0 Å². The van der Waals surface area contributed by atoms with E-state index >= 15 is 0 Å². The van der Waals surface area contributed by atoms with Crippen molar-refractivity contribution in [2.45, 2.75) is 19.8 Å². The summed E-state index contributed by atoms with van der Waals surface area (Å²) in [5.74, 6) is 0.372. The van der Waals surface area contributed by atoms with Crippen molar-refractivity contribution in [2.75, 3.05) is 0 Å². The lowest BCUT2D eigenvalue weighted by Crippen LogP contribution is -1.97. The third-order valence-electron chi connectivity index (χ3n) is 1.71. The number of aromatic nitrogens is 2. The first-order chi connectivity index (χ1) is 5.57. The van der Waals surface area contributed by atoms with Gasteiger partial charge in [-0.1, -0.05) is 13.8 Å². The molecule has 0 unspecified atom stereocenters. The third kappa shape index (κ3) is 1.53. The molecule has 0 aliphatic rings. The third-order valence-corrected chi connectivity index (χ3v) is 2.82. The zero-order valence-electron chi connectivity index (χ0n) is 7.34. The highest BCUT2D eigenvalue weighted by Crippen LogP contribution is 2.21. The van der Waals surface area contributed by atoms with Crippen LogP contribution in [-0.2, 0) is 7.05 Å². The summed E-state index contributed by atoms with van der Waals surface area (Å²) in [6.45, 7) is 4.14. The lowest BCUT2D eigenvalue weighted by molar-refractivity contribution is 0.111. The monoisotopic (exact) mass is 278 g/mol. The normalized spacial score (nSPS) is 10.8. The minimum absolute atomic E-state index is 0.372. The van der Waals surface area contributed by atoms with Crippen LogP contribution < -0.4 is 0 Å². The van der Waals surface area contributed by atoms with Crippen LogP contribution >= 0.6 is 22.6 Å². The zero-order valence-corrected chi connectivity index (χ0v) is 9.49. The van der Waals surface area contributed by atoms with Crippen molar-refractivity contribution in [3.05, 3.63) is 15.0 Å². The summed E-state index contributed by atoms with van der Waals surface area (Å²) in [4.78, 5) is 10.6. The van der Waals surface area contributed by atoms with Gasteiger partial charge in [0.2, 0.25) is 0 Å². The second kappa shape index (κ2) is 3.55. The summed E-state index contributed by atoms with van der Waals surface area (Å²) >= 11 is 2.16. The molecule has 0 N–H and O–H groups in total. The Bertz CT molecular complexity index is 304. The fourth-order valence-electron chi connectivity index (χ4n) is 1.03. The molecule has 1 aromatic rings. The number of aryl methyl sites for hydroxylation is 1. The van der Waals surface area contributed by atoms with E-state index in [0.29, 0.717) is 11.6 Å². The molecule has 0 spiro atoms. The van der Waals surface area contributed by atoms with Gasteiger partial charge in [-0.15, -0.1) is 0 Å². The van der Waals surface area contributed by atoms with E-state index in [-0.39, 0.29) is 0 Å². The Morgan fingerprint density at radius 3 is 2.42 bits per heavy atom. The van der Waals surface area contributed by atoms with E-state index < -0.39 is 0 Å². The molecule has 0 amide bonds. The Kier molecular flexibility index (Phi) is 2.87. The van der Waals surface area contributed by atoms with Gasteiger partial charge in [-0.3, -0.25) is 9.48 Å². The summed E-state index contributed by atoms with van der Waals surface area (Å²) in [5, 5.41) is 4.26. The van der Waals surface area contributed by atoms with Crippen LogP contribution in [0.4, 0.5) is 0 Å². The maximum absolute atomic E-state index is 10.6. The molecule has 4 heteroatoms. The number of hydrogen-bond donors (Lipinski definition) is 0. The zero-order chi connectivity index (χ0) is 9.30. The van der Waals surface area contributed by atoms with Gasteiger partial charge in [0.1, 0.15) is 5.69 Å². The second-order valence-corrected chi connectivity index (χ2v) is 4.06. The van der Waals surface area contributed by atoms with Gasteiger partial charge in [0.15, 0.2) is 6.29 Å². The first kappa shape index (κ1) is 9.70. The summed E-state index contributed by atoms with van der Waals surface area (Å²) in [6, 6.07) is 0. The molecular weight excluding hydrogens is 267 g/mol. The number of carbonyl (C=O) groups is 1. The highest BCUT2D eigenvalue weighted by atomic mass is 127. The van der Waals surface area contributed by atoms with Crippen molar-refractivity contribution in [3.8, 4) is 0 Å². The lowest BCUT2D eigenvalue weighted by atomic mass is 10.1. The summed E-state index contributed by atoms with van der Waals surface area (Å²) in [6.07, 6.45) is 0.848. The van der Waals surface area contributed by atoms with Crippen molar-refractivity contribution in [2.24, 2.45) is 7.05 Å². The maximum atomic E-state index is 10.6. The maximum Gasteiger partial charge on any atom is 0.169 e. The van der Waals surface area contributed by atoms with Gasteiger partial charge in [-0.25, -0.2) is 0 Å². The second-order valence-electron chi connectivity index (χ2n) is 2.98. The van der Waals surface area contributed by atoms with Crippen LogP contribution in [0.5, 0.6) is 0 Å². The molecule has 0 aliphatic heterocycles. The van der Waals surface area contributed by atoms with E-state index in [9.17, 15) is 4.79 Å². The smallest absolute Gasteiger partial charge is 0.169 e. The Balaban J connectivity index is 3.26. The van der Waals surface area contributed by atoms with E-state index in [1.807, 2.05) is 0 Å². The van der Waals surface area contributed by atoms with E-state index in [0.717, 1.165) is 15.6 Å². The number of nitrogens with zero attached hydrogens (tertiary/aromatic N) is 2. The molecule has 0 aromatic carbocycles. The number of aldehydes is 1. The molecule has 66 valence electrons. The summed E-state index contributed by atoms with van der Waals surface area (Å²) < 4.78 is 2.60. The predicted octanol–water partition coefficient (Wildman–Crippen LogP) is 1.96. The van der Waals surface area contributed by atoms with Crippen LogP contribution in [0.3, 0.4) is 0 Å². The molecule has 0 bridgehead atoms. The van der Waals surface area contributed by atoms with Gasteiger partial charge in [-0.05, 0) is 28.5 Å². The highest BCUT2D eigenvalue weighted by Gasteiger charge is 2.14. The first-order valence-electron chi connectivity index (χ1n) is 3.75. The van der Waals surface area contributed by atoms with E-state index in [1.165, 1.54) is 0 Å². The molecule has 12 heavy (non-hydrogen) atoms. The Hall–Kier alpha value is -0.390. The molecule has 3 nitrogen and oxygen atoms in total. The average Bonchev–Trinajstić information content (AvgIpc) is 2.27. The van der Waals surface area contributed by atoms with Gasteiger partial charge >= 0.3 is 0 Å². The molecule has 0 fully saturated rings. The Morgan fingerprint density at radius 2 is 2.17 bits per heavy atom. The van der Waals surface area contributed by atoms with E-state index in [4.69, 9.17) is 0 Å². The Labute approximate surface area is 85.3 Å². The van der Waals surface area contributed by atoms with Crippen molar-refractivity contribution in [1.29, 1.82) is 0 Å². The average molecular weight is 278 g/mol. The molecule has 0 saturated carbocycles. The lowest BCUT2D eigenvalue weighted by Gasteiger charge is -1.98. The minimum Gasteiger partial charge on any atom is -0.296 e. The van der Waals surface area contributed by atoms with Gasteiger partial charge in [-0.2, -0.15) is 5.10 Å². The molecule has 1 heterocycles. The van der Waals surface area contributed by atoms with Gasteiger partial charge in [0, 0.05) is 7.05 Å². The summed E-state index contributed by atoms with van der Waals surface area (Å²) in [5.41, 5.74) is 1.67. The fraction of sp³-hybridized carbons (Fsp3) is 0.500. The van der Waals surface area contributed by atoms with Gasteiger partial charge < -0.3 is 0 Å². The van der Waals surface area contributed by atoms with Crippen molar-refractivity contribution in [1.82, 2.24) is 9.78 Å². The van der Waals surface area contributed by atoms with E-state index in [2.05, 4.69) is 41.5 Å². The van der Waals surface area contributed by atoms with Gasteiger partial charge in [0.25, 0.3) is 0 Å². The van der Waals surface area contributed by atoms with Crippen LogP contribution in [0, 0.1) is 3.57 Å². The summed E-state index contributed by atoms with van der Waals surface area (Å²) in [7, 11) is 1.79. The molecule has 0 atom stereocenters. The number of hydrogen-bond acceptors (Lipinski definition) is 2. The molecule has 0 radical (unpaired) electrons. The minimum atomic E-state index is 0.372. The standard InChI is InChI=1S/C8H11IN2O/c1-5(2)8-7(9)6(4-12)11(3)10-8/h4-5H,1-3H3. The van der Waals surface area contributed by atoms with Crippen LogP contribution in [0.1, 0.15) is 35.9 Å². The Morgan fingerprint density at radius 1 is 1.58 bits per heavy atom. The molecule has 0 aliphatic carbocycles. The topological polar surface area (TPSA) is 34.9 Å². The van der Waals surface area contributed by atoms with Crippen LogP contribution in [0.15, 0.2) is 0 Å². The van der Waals surface area contributed by atoms with Gasteiger partial charge in [0.05, 0.1) is 9.26 Å². The largest absolute Gasteiger partial charge is 0.296 e. The number of carbonyl (C=O) groups excluding carboxylic acids is 1.